The monoisotopic (exact) mass is 318 g/mol. The van der Waals surface area contributed by atoms with Gasteiger partial charge in [-0.15, -0.1) is 0 Å². The molecule has 2 aromatic rings. The van der Waals surface area contributed by atoms with Gasteiger partial charge in [0, 0.05) is 12.6 Å². The number of urea groups is 1. The second kappa shape index (κ2) is 7.49. The molecule has 0 spiro atoms. The Bertz CT molecular complexity index is 704. The van der Waals surface area contributed by atoms with Crippen molar-refractivity contribution in [2.24, 2.45) is 0 Å². The van der Waals surface area contributed by atoms with Gasteiger partial charge in [0.15, 0.2) is 0 Å². The molecule has 0 saturated heterocycles. The van der Waals surface area contributed by atoms with Crippen LogP contribution >= 0.6 is 0 Å². The van der Waals surface area contributed by atoms with Crippen LogP contribution in [-0.4, -0.2) is 20.3 Å². The van der Waals surface area contributed by atoms with Crippen molar-refractivity contribution in [2.45, 2.75) is 13.5 Å². The number of carbonyl (C=O) groups excluding carboxylic acids is 1. The van der Waals surface area contributed by atoms with Gasteiger partial charge < -0.3 is 20.1 Å². The summed E-state index contributed by atoms with van der Waals surface area (Å²) in [6, 6.07) is 9.44. The molecule has 0 aliphatic carbocycles. The van der Waals surface area contributed by atoms with Crippen LogP contribution in [-0.2, 0) is 6.54 Å². The summed E-state index contributed by atoms with van der Waals surface area (Å²) in [5.41, 5.74) is 1.89. The van der Waals surface area contributed by atoms with Gasteiger partial charge in [0.2, 0.25) is 0 Å². The van der Waals surface area contributed by atoms with Crippen molar-refractivity contribution in [3.8, 4) is 11.5 Å². The third-order valence-electron chi connectivity index (χ3n) is 3.33. The standard InChI is InChI=1S/C17H19FN2O3/c1-11-8-12(4-6-14(11)18)10-19-17(21)20-15-7-5-13(22-2)9-16(15)23-3/h4-9H,10H2,1-3H3,(H2,19,20,21). The Kier molecular flexibility index (Phi) is 5.41. The fraction of sp³-hybridized carbons (Fsp3) is 0.235. The first-order valence-electron chi connectivity index (χ1n) is 7.05. The van der Waals surface area contributed by atoms with Gasteiger partial charge >= 0.3 is 6.03 Å². The van der Waals surface area contributed by atoms with Crippen LogP contribution in [0.2, 0.25) is 0 Å². The van der Waals surface area contributed by atoms with E-state index in [0.29, 0.717) is 29.3 Å². The van der Waals surface area contributed by atoms with Crippen LogP contribution in [0.25, 0.3) is 0 Å². The molecular formula is C17H19FN2O3. The van der Waals surface area contributed by atoms with Crippen LogP contribution in [0.15, 0.2) is 36.4 Å². The number of carbonyl (C=O) groups is 1. The van der Waals surface area contributed by atoms with Crippen molar-refractivity contribution < 1.29 is 18.7 Å². The molecule has 0 fully saturated rings. The second-order valence-electron chi connectivity index (χ2n) is 4.96. The maximum Gasteiger partial charge on any atom is 0.319 e. The fourth-order valence-corrected chi connectivity index (χ4v) is 2.07. The first-order valence-corrected chi connectivity index (χ1v) is 7.05. The summed E-state index contributed by atoms with van der Waals surface area (Å²) in [6.45, 7) is 1.98. The minimum absolute atomic E-state index is 0.263. The molecule has 122 valence electrons. The van der Waals surface area contributed by atoms with Gasteiger partial charge in [-0.3, -0.25) is 0 Å². The summed E-state index contributed by atoms with van der Waals surface area (Å²) < 4.78 is 23.5. The topological polar surface area (TPSA) is 59.6 Å². The lowest BCUT2D eigenvalue weighted by Gasteiger charge is -2.12. The molecule has 2 amide bonds. The van der Waals surface area contributed by atoms with Crippen molar-refractivity contribution in [2.75, 3.05) is 19.5 Å². The van der Waals surface area contributed by atoms with E-state index < -0.39 is 0 Å². The van der Waals surface area contributed by atoms with Gasteiger partial charge in [-0.25, -0.2) is 9.18 Å². The van der Waals surface area contributed by atoms with E-state index in [1.54, 1.807) is 44.4 Å². The van der Waals surface area contributed by atoms with Gasteiger partial charge in [-0.05, 0) is 36.2 Å². The van der Waals surface area contributed by atoms with Crippen LogP contribution in [0.5, 0.6) is 11.5 Å². The number of ether oxygens (including phenoxy) is 2. The van der Waals surface area contributed by atoms with Crippen molar-refractivity contribution >= 4 is 11.7 Å². The quantitative estimate of drug-likeness (QED) is 0.887. The van der Waals surface area contributed by atoms with Gasteiger partial charge in [-0.2, -0.15) is 0 Å². The lowest BCUT2D eigenvalue weighted by atomic mass is 10.1. The third-order valence-corrected chi connectivity index (χ3v) is 3.33. The third kappa shape index (κ3) is 4.35. The van der Waals surface area contributed by atoms with Crippen LogP contribution in [0.4, 0.5) is 14.9 Å². The number of amides is 2. The molecule has 0 aliphatic rings. The number of rotatable bonds is 5. The average Bonchev–Trinajstić information content (AvgIpc) is 2.56. The highest BCUT2D eigenvalue weighted by molar-refractivity contribution is 5.91. The van der Waals surface area contributed by atoms with E-state index in [-0.39, 0.29) is 11.8 Å². The zero-order valence-corrected chi connectivity index (χ0v) is 13.3. The molecule has 0 bridgehead atoms. The minimum Gasteiger partial charge on any atom is -0.497 e. The van der Waals surface area contributed by atoms with E-state index in [4.69, 9.17) is 9.47 Å². The average molecular weight is 318 g/mol. The van der Waals surface area contributed by atoms with Crippen molar-refractivity contribution in [1.82, 2.24) is 5.32 Å². The lowest BCUT2D eigenvalue weighted by molar-refractivity contribution is 0.251. The molecular weight excluding hydrogens is 299 g/mol. The number of nitrogens with one attached hydrogen (secondary N) is 2. The molecule has 5 nitrogen and oxygen atoms in total. The van der Waals surface area contributed by atoms with Gasteiger partial charge in [0.1, 0.15) is 17.3 Å². The Balaban J connectivity index is 1.98. The molecule has 6 heteroatoms. The molecule has 23 heavy (non-hydrogen) atoms. The van der Waals surface area contributed by atoms with E-state index in [2.05, 4.69) is 10.6 Å². The summed E-state index contributed by atoms with van der Waals surface area (Å²) in [7, 11) is 3.07. The summed E-state index contributed by atoms with van der Waals surface area (Å²) in [4.78, 5) is 12.0. The normalized spacial score (nSPS) is 10.1. The van der Waals surface area contributed by atoms with Crippen LogP contribution in [0.3, 0.4) is 0 Å². The molecule has 0 unspecified atom stereocenters. The van der Waals surface area contributed by atoms with E-state index in [9.17, 15) is 9.18 Å². The first-order chi connectivity index (χ1) is 11.0. The highest BCUT2D eigenvalue weighted by atomic mass is 19.1. The Morgan fingerprint density at radius 1 is 1.13 bits per heavy atom. The maximum atomic E-state index is 13.2. The lowest BCUT2D eigenvalue weighted by Crippen LogP contribution is -2.28. The Morgan fingerprint density at radius 2 is 1.91 bits per heavy atom. The van der Waals surface area contributed by atoms with E-state index >= 15 is 0 Å². The summed E-state index contributed by atoms with van der Waals surface area (Å²) in [6.07, 6.45) is 0. The number of hydrogen-bond acceptors (Lipinski definition) is 3. The van der Waals surface area contributed by atoms with Crippen molar-refractivity contribution in [3.63, 3.8) is 0 Å². The van der Waals surface area contributed by atoms with Gasteiger partial charge in [0.25, 0.3) is 0 Å². The van der Waals surface area contributed by atoms with Crippen LogP contribution < -0.4 is 20.1 Å². The largest absolute Gasteiger partial charge is 0.497 e. The highest BCUT2D eigenvalue weighted by Crippen LogP contribution is 2.28. The SMILES string of the molecule is COc1ccc(NC(=O)NCc2ccc(F)c(C)c2)c(OC)c1. The molecule has 2 N–H and O–H groups in total. The van der Waals surface area contributed by atoms with Crippen LogP contribution in [0, 0.1) is 12.7 Å². The fourth-order valence-electron chi connectivity index (χ4n) is 2.07. The Labute approximate surface area is 134 Å². The minimum atomic E-state index is -0.379. The second-order valence-corrected chi connectivity index (χ2v) is 4.96. The zero-order valence-electron chi connectivity index (χ0n) is 13.3. The number of hydrogen-bond donors (Lipinski definition) is 2. The number of aryl methyl sites for hydroxylation is 1. The highest BCUT2D eigenvalue weighted by Gasteiger charge is 2.09. The van der Waals surface area contributed by atoms with E-state index in [1.807, 2.05) is 0 Å². The van der Waals surface area contributed by atoms with Gasteiger partial charge in [0.05, 0.1) is 19.9 Å². The predicted octanol–water partition coefficient (Wildman–Crippen LogP) is 3.47. The molecule has 2 aromatic carbocycles. The Hall–Kier alpha value is -2.76. The number of halogens is 1. The van der Waals surface area contributed by atoms with E-state index in [1.165, 1.54) is 13.2 Å². The van der Waals surface area contributed by atoms with Gasteiger partial charge in [-0.1, -0.05) is 12.1 Å². The maximum absolute atomic E-state index is 13.2. The van der Waals surface area contributed by atoms with E-state index in [0.717, 1.165) is 5.56 Å². The molecule has 2 rings (SSSR count). The number of benzene rings is 2. The first kappa shape index (κ1) is 16.6. The molecule has 0 aliphatic heterocycles. The molecule has 0 radical (unpaired) electrons. The van der Waals surface area contributed by atoms with Crippen LogP contribution in [0.1, 0.15) is 11.1 Å². The number of anilines is 1. The predicted molar refractivity (Wildman–Crippen MR) is 86.5 cm³/mol. The summed E-state index contributed by atoms with van der Waals surface area (Å²) >= 11 is 0. The zero-order chi connectivity index (χ0) is 16.8. The van der Waals surface area contributed by atoms with Crippen molar-refractivity contribution in [1.29, 1.82) is 0 Å². The Morgan fingerprint density at radius 3 is 2.57 bits per heavy atom. The van der Waals surface area contributed by atoms with Crippen molar-refractivity contribution in [3.05, 3.63) is 53.3 Å². The smallest absolute Gasteiger partial charge is 0.319 e. The molecule has 0 heterocycles. The number of methoxy groups -OCH3 is 2. The summed E-state index contributed by atoms with van der Waals surface area (Å²) in [5.74, 6) is 0.868. The summed E-state index contributed by atoms with van der Waals surface area (Å²) in [5, 5.41) is 5.42. The molecule has 0 aromatic heterocycles. The molecule has 0 saturated carbocycles. The molecule has 0 atom stereocenters.